The van der Waals surface area contributed by atoms with Crippen molar-refractivity contribution in [3.8, 4) is 5.82 Å². The number of nitrogens with zero attached hydrogens (tertiary/aromatic N) is 7. The minimum absolute atomic E-state index is 0.314. The Bertz CT molecular complexity index is 1210. The van der Waals surface area contributed by atoms with Crippen molar-refractivity contribution in [2.75, 3.05) is 10.6 Å². The number of carbonyl (C=O) groups is 1. The Kier molecular flexibility index (Phi) is 4.13. The van der Waals surface area contributed by atoms with Crippen LogP contribution >= 0.6 is 11.6 Å². The topological polar surface area (TPSA) is 115 Å². The molecule has 29 heavy (non-hydrogen) atoms. The fraction of sp³-hybridized carbons (Fsp3) is 0.222. The van der Waals surface area contributed by atoms with E-state index in [9.17, 15) is 4.79 Å². The molecule has 0 saturated heterocycles. The molecule has 4 heterocycles. The first-order valence-electron chi connectivity index (χ1n) is 9.01. The maximum Gasteiger partial charge on any atom is 0.323 e. The summed E-state index contributed by atoms with van der Waals surface area (Å²) in [6.07, 6.45) is 10.3. The third-order valence-electron chi connectivity index (χ3n) is 4.61. The molecule has 0 spiro atoms. The average Bonchev–Trinajstić information content (AvgIpc) is 3.21. The fourth-order valence-electron chi connectivity index (χ4n) is 3.23. The molecule has 1 aliphatic carbocycles. The standard InChI is InChI=1S/C18H16ClN9O/c1-27-9-14-16(26-27)15(10-2-3-10)13(8-20-14)25-18(29)24-11-6-12(19)17(21-7-11)28-22-4-5-23-28/h4-10H,2-3H2,1H3,(H2,24,25,29). The third kappa shape index (κ3) is 3.38. The average molecular weight is 410 g/mol. The molecule has 10 nitrogen and oxygen atoms in total. The first-order valence-corrected chi connectivity index (χ1v) is 9.39. The zero-order chi connectivity index (χ0) is 20.0. The number of urea groups is 1. The molecule has 0 atom stereocenters. The van der Waals surface area contributed by atoms with Crippen LogP contribution in [0.3, 0.4) is 0 Å². The van der Waals surface area contributed by atoms with E-state index in [0.717, 1.165) is 29.4 Å². The number of amides is 2. The Morgan fingerprint density at radius 3 is 2.69 bits per heavy atom. The van der Waals surface area contributed by atoms with Gasteiger partial charge in [-0.2, -0.15) is 15.3 Å². The van der Waals surface area contributed by atoms with Crippen molar-refractivity contribution in [2.45, 2.75) is 18.8 Å². The predicted octanol–water partition coefficient (Wildman–Crippen LogP) is 3.12. The van der Waals surface area contributed by atoms with Crippen LogP contribution in [0.15, 0.2) is 37.1 Å². The second-order valence-electron chi connectivity index (χ2n) is 6.82. The van der Waals surface area contributed by atoms with E-state index in [2.05, 4.69) is 35.9 Å². The molecule has 0 unspecified atom stereocenters. The monoisotopic (exact) mass is 409 g/mol. The number of fused-ring (bicyclic) bond motifs is 1. The van der Waals surface area contributed by atoms with Crippen LogP contribution in [0.2, 0.25) is 5.02 Å². The molecule has 146 valence electrons. The smallest absolute Gasteiger partial charge is 0.306 e. The molecular formula is C18H16ClN9O. The van der Waals surface area contributed by atoms with E-state index in [4.69, 9.17) is 11.6 Å². The molecule has 1 aliphatic rings. The number of hydrogen-bond donors (Lipinski definition) is 2. The lowest BCUT2D eigenvalue weighted by atomic mass is 10.1. The Morgan fingerprint density at radius 1 is 1.17 bits per heavy atom. The fourth-order valence-corrected chi connectivity index (χ4v) is 3.48. The van der Waals surface area contributed by atoms with Crippen LogP contribution in [-0.4, -0.2) is 40.8 Å². The van der Waals surface area contributed by atoms with Gasteiger partial charge >= 0.3 is 6.03 Å². The lowest BCUT2D eigenvalue weighted by molar-refractivity contribution is 0.262. The van der Waals surface area contributed by atoms with Crippen LogP contribution in [-0.2, 0) is 7.05 Å². The second kappa shape index (κ2) is 6.82. The normalized spacial score (nSPS) is 13.6. The zero-order valence-corrected chi connectivity index (χ0v) is 16.1. The molecule has 1 fully saturated rings. The molecule has 4 aromatic rings. The highest BCUT2D eigenvalue weighted by atomic mass is 35.5. The van der Waals surface area contributed by atoms with Gasteiger partial charge in [-0.25, -0.2) is 9.78 Å². The number of aromatic nitrogens is 7. The molecule has 2 N–H and O–H groups in total. The van der Waals surface area contributed by atoms with Crippen molar-refractivity contribution >= 4 is 40.0 Å². The van der Waals surface area contributed by atoms with Crippen LogP contribution in [0.25, 0.3) is 16.9 Å². The van der Waals surface area contributed by atoms with Crippen molar-refractivity contribution in [1.82, 2.24) is 34.7 Å². The van der Waals surface area contributed by atoms with Gasteiger partial charge in [-0.1, -0.05) is 11.6 Å². The van der Waals surface area contributed by atoms with Crippen molar-refractivity contribution in [3.05, 3.63) is 47.6 Å². The lowest BCUT2D eigenvalue weighted by Gasteiger charge is -2.12. The van der Waals surface area contributed by atoms with Gasteiger partial charge in [-0.15, -0.1) is 4.80 Å². The van der Waals surface area contributed by atoms with Crippen molar-refractivity contribution < 1.29 is 4.79 Å². The van der Waals surface area contributed by atoms with Crippen molar-refractivity contribution in [1.29, 1.82) is 0 Å². The zero-order valence-electron chi connectivity index (χ0n) is 15.4. The minimum atomic E-state index is -0.410. The molecule has 0 aliphatic heterocycles. The molecule has 2 amide bonds. The maximum absolute atomic E-state index is 12.6. The number of rotatable bonds is 4. The van der Waals surface area contributed by atoms with E-state index in [1.54, 1.807) is 16.9 Å². The number of carbonyl (C=O) groups excluding carboxylic acids is 1. The first-order chi connectivity index (χ1) is 14.1. The summed E-state index contributed by atoms with van der Waals surface area (Å²) in [4.78, 5) is 22.5. The van der Waals surface area contributed by atoms with Gasteiger partial charge < -0.3 is 10.6 Å². The Hall–Kier alpha value is -3.53. The second-order valence-corrected chi connectivity index (χ2v) is 7.23. The molecule has 5 rings (SSSR count). The van der Waals surface area contributed by atoms with E-state index in [1.807, 2.05) is 13.2 Å². The van der Waals surface area contributed by atoms with Gasteiger partial charge in [0.15, 0.2) is 5.82 Å². The summed E-state index contributed by atoms with van der Waals surface area (Å²) >= 11 is 6.25. The maximum atomic E-state index is 12.6. The Balaban J connectivity index is 1.37. The van der Waals surface area contributed by atoms with Crippen molar-refractivity contribution in [2.24, 2.45) is 7.05 Å². The SMILES string of the molecule is Cn1cc2ncc(NC(=O)Nc3cnc(-n4nccn4)c(Cl)c3)c(C3CC3)c2n1. The molecule has 11 heteroatoms. The van der Waals surface area contributed by atoms with Gasteiger partial charge in [-0.05, 0) is 24.8 Å². The van der Waals surface area contributed by atoms with Crippen LogP contribution in [0, 0.1) is 0 Å². The number of hydrogen-bond acceptors (Lipinski definition) is 6. The van der Waals surface area contributed by atoms with E-state index >= 15 is 0 Å². The number of nitrogens with one attached hydrogen (secondary N) is 2. The third-order valence-corrected chi connectivity index (χ3v) is 4.89. The van der Waals surface area contributed by atoms with E-state index in [0.29, 0.717) is 28.1 Å². The molecule has 0 aromatic carbocycles. The van der Waals surface area contributed by atoms with Gasteiger partial charge in [0.25, 0.3) is 0 Å². The number of aryl methyl sites for hydroxylation is 1. The minimum Gasteiger partial charge on any atom is -0.306 e. The molecule has 4 aromatic heterocycles. The summed E-state index contributed by atoms with van der Waals surface area (Å²) in [5.74, 6) is 0.770. The Labute approximate surface area is 169 Å². The largest absolute Gasteiger partial charge is 0.323 e. The lowest BCUT2D eigenvalue weighted by Crippen LogP contribution is -2.20. The van der Waals surface area contributed by atoms with Gasteiger partial charge in [0, 0.05) is 12.6 Å². The van der Waals surface area contributed by atoms with Crippen LogP contribution in [0.5, 0.6) is 0 Å². The van der Waals surface area contributed by atoms with Crippen LogP contribution < -0.4 is 10.6 Å². The van der Waals surface area contributed by atoms with Crippen LogP contribution in [0.4, 0.5) is 16.2 Å². The molecule has 0 bridgehead atoms. The Morgan fingerprint density at radius 2 is 1.97 bits per heavy atom. The van der Waals surface area contributed by atoms with Gasteiger partial charge in [0.2, 0.25) is 0 Å². The van der Waals surface area contributed by atoms with Gasteiger partial charge in [-0.3, -0.25) is 9.67 Å². The highest BCUT2D eigenvalue weighted by molar-refractivity contribution is 6.32. The number of pyridine rings is 2. The van der Waals surface area contributed by atoms with Crippen LogP contribution in [0.1, 0.15) is 24.3 Å². The van der Waals surface area contributed by atoms with E-state index < -0.39 is 6.03 Å². The highest BCUT2D eigenvalue weighted by Crippen LogP contribution is 2.45. The number of anilines is 2. The van der Waals surface area contributed by atoms with Gasteiger partial charge in [0.1, 0.15) is 11.0 Å². The molecule has 0 radical (unpaired) electrons. The molecular weight excluding hydrogens is 394 g/mol. The molecule has 1 saturated carbocycles. The van der Waals surface area contributed by atoms with Gasteiger partial charge in [0.05, 0.1) is 47.4 Å². The first kappa shape index (κ1) is 17.6. The van der Waals surface area contributed by atoms with E-state index in [1.165, 1.54) is 23.4 Å². The number of halogens is 1. The summed E-state index contributed by atoms with van der Waals surface area (Å²) in [6, 6.07) is 1.18. The summed E-state index contributed by atoms with van der Waals surface area (Å²) < 4.78 is 1.73. The summed E-state index contributed by atoms with van der Waals surface area (Å²) in [5, 5.41) is 18.4. The summed E-state index contributed by atoms with van der Waals surface area (Å²) in [5.41, 5.74) is 3.78. The van der Waals surface area contributed by atoms with E-state index in [-0.39, 0.29) is 0 Å². The van der Waals surface area contributed by atoms with Crippen molar-refractivity contribution in [3.63, 3.8) is 0 Å². The summed E-state index contributed by atoms with van der Waals surface area (Å²) in [6.45, 7) is 0. The quantitative estimate of drug-likeness (QED) is 0.535. The summed E-state index contributed by atoms with van der Waals surface area (Å²) in [7, 11) is 1.86. The predicted molar refractivity (Wildman–Crippen MR) is 107 cm³/mol. The highest BCUT2D eigenvalue weighted by Gasteiger charge is 2.30.